The van der Waals surface area contributed by atoms with Crippen LogP contribution in [0.15, 0.2) is 48.5 Å². The van der Waals surface area contributed by atoms with Gasteiger partial charge in [0.05, 0.1) is 12.7 Å². The number of rotatable bonds is 5. The molecule has 0 unspecified atom stereocenters. The summed E-state index contributed by atoms with van der Waals surface area (Å²) in [7, 11) is 1.51. The smallest absolute Gasteiger partial charge is 0.411 e. The molecule has 2 amide bonds. The van der Waals surface area contributed by atoms with E-state index in [0.29, 0.717) is 28.4 Å². The summed E-state index contributed by atoms with van der Waals surface area (Å²) in [5.41, 5.74) is 1.07. The fourth-order valence-electron chi connectivity index (χ4n) is 3.32. The molecule has 0 spiro atoms. The molecule has 148 valence electrons. The Morgan fingerprint density at radius 1 is 1.11 bits per heavy atom. The SMILES string of the molecule is COc1ccc(Cl)cc1C(=O)N[C@@H]1CCC[C@@H](OC(=O)Nc2ccccc2)C1. The van der Waals surface area contributed by atoms with Crippen molar-refractivity contribution in [3.05, 3.63) is 59.1 Å². The van der Waals surface area contributed by atoms with E-state index in [-0.39, 0.29) is 18.1 Å². The second kappa shape index (κ2) is 9.46. The van der Waals surface area contributed by atoms with Crippen molar-refractivity contribution in [3.63, 3.8) is 0 Å². The molecule has 0 aromatic heterocycles. The normalized spacial score (nSPS) is 18.8. The highest BCUT2D eigenvalue weighted by atomic mass is 35.5. The summed E-state index contributed by atoms with van der Waals surface area (Å²) < 4.78 is 10.8. The van der Waals surface area contributed by atoms with Crippen molar-refractivity contribution in [2.45, 2.75) is 37.8 Å². The molecule has 0 aliphatic heterocycles. The standard InChI is InChI=1S/C21H23ClN2O4/c1-27-19-11-10-14(22)12-18(19)20(25)23-16-8-5-9-17(13-16)28-21(26)24-15-6-3-2-4-7-15/h2-4,6-7,10-12,16-17H,5,8-9,13H2,1H3,(H,23,25)(H,24,26)/t16-,17-/m1/s1. The molecule has 3 rings (SSSR count). The lowest BCUT2D eigenvalue weighted by Gasteiger charge is -2.29. The first-order chi connectivity index (χ1) is 13.5. The molecule has 1 aliphatic carbocycles. The molecular weight excluding hydrogens is 380 g/mol. The second-order valence-electron chi connectivity index (χ2n) is 6.70. The molecule has 2 atom stereocenters. The van der Waals surface area contributed by atoms with Crippen LogP contribution in [0.25, 0.3) is 0 Å². The number of carbonyl (C=O) groups excluding carboxylic acids is 2. The Morgan fingerprint density at radius 2 is 1.89 bits per heavy atom. The number of methoxy groups -OCH3 is 1. The van der Waals surface area contributed by atoms with Crippen LogP contribution in [0.2, 0.25) is 5.02 Å². The third kappa shape index (κ3) is 5.39. The van der Waals surface area contributed by atoms with Crippen molar-refractivity contribution in [1.29, 1.82) is 0 Å². The minimum atomic E-state index is -0.486. The molecule has 2 aromatic carbocycles. The largest absolute Gasteiger partial charge is 0.496 e. The lowest BCUT2D eigenvalue weighted by molar-refractivity contribution is 0.0712. The van der Waals surface area contributed by atoms with Crippen LogP contribution in [0.3, 0.4) is 0 Å². The summed E-state index contributed by atoms with van der Waals surface area (Å²) in [4.78, 5) is 24.7. The van der Waals surface area contributed by atoms with Gasteiger partial charge in [-0.05, 0) is 49.6 Å². The minimum absolute atomic E-state index is 0.0838. The van der Waals surface area contributed by atoms with Gasteiger partial charge in [-0.25, -0.2) is 4.79 Å². The molecule has 0 saturated heterocycles. The molecule has 1 aliphatic rings. The molecule has 6 nitrogen and oxygen atoms in total. The fraction of sp³-hybridized carbons (Fsp3) is 0.333. The quantitative estimate of drug-likeness (QED) is 0.763. The number of anilines is 1. The summed E-state index contributed by atoms with van der Waals surface area (Å²) in [6.07, 6.45) is 2.30. The van der Waals surface area contributed by atoms with E-state index in [9.17, 15) is 9.59 Å². The predicted octanol–water partition coefficient (Wildman–Crippen LogP) is 4.64. The Hall–Kier alpha value is -2.73. The number of para-hydroxylation sites is 1. The van der Waals surface area contributed by atoms with Gasteiger partial charge in [-0.2, -0.15) is 0 Å². The average molecular weight is 403 g/mol. The van der Waals surface area contributed by atoms with E-state index >= 15 is 0 Å². The summed E-state index contributed by atoms with van der Waals surface area (Å²) in [6, 6.07) is 14.0. The molecule has 0 heterocycles. The maximum atomic E-state index is 12.6. The first-order valence-electron chi connectivity index (χ1n) is 9.22. The van der Waals surface area contributed by atoms with E-state index < -0.39 is 6.09 Å². The number of ether oxygens (including phenoxy) is 2. The number of amides is 2. The molecular formula is C21H23ClN2O4. The lowest BCUT2D eigenvalue weighted by Crippen LogP contribution is -2.41. The number of hydrogen-bond donors (Lipinski definition) is 2. The van der Waals surface area contributed by atoms with Gasteiger partial charge in [0.25, 0.3) is 5.91 Å². The number of nitrogens with one attached hydrogen (secondary N) is 2. The van der Waals surface area contributed by atoms with Gasteiger partial charge in [0, 0.05) is 23.2 Å². The van der Waals surface area contributed by atoms with Gasteiger partial charge >= 0.3 is 6.09 Å². The Labute approximate surface area is 169 Å². The van der Waals surface area contributed by atoms with Gasteiger partial charge < -0.3 is 14.8 Å². The van der Waals surface area contributed by atoms with Crippen molar-refractivity contribution in [3.8, 4) is 5.75 Å². The van der Waals surface area contributed by atoms with Crippen LogP contribution in [-0.2, 0) is 4.74 Å². The Balaban J connectivity index is 1.55. The first kappa shape index (κ1) is 20.0. The maximum absolute atomic E-state index is 12.6. The maximum Gasteiger partial charge on any atom is 0.411 e. The van der Waals surface area contributed by atoms with Crippen LogP contribution in [0.1, 0.15) is 36.0 Å². The van der Waals surface area contributed by atoms with Crippen LogP contribution < -0.4 is 15.4 Å². The predicted molar refractivity (Wildman–Crippen MR) is 108 cm³/mol. The van der Waals surface area contributed by atoms with E-state index in [1.807, 2.05) is 18.2 Å². The highest BCUT2D eigenvalue weighted by molar-refractivity contribution is 6.31. The van der Waals surface area contributed by atoms with Gasteiger partial charge in [-0.3, -0.25) is 10.1 Å². The van der Waals surface area contributed by atoms with E-state index in [1.165, 1.54) is 7.11 Å². The zero-order valence-electron chi connectivity index (χ0n) is 15.6. The second-order valence-corrected chi connectivity index (χ2v) is 7.14. The van der Waals surface area contributed by atoms with E-state index in [2.05, 4.69) is 10.6 Å². The Bertz CT molecular complexity index is 828. The van der Waals surface area contributed by atoms with Crippen molar-refractivity contribution in [1.82, 2.24) is 5.32 Å². The fourth-order valence-corrected chi connectivity index (χ4v) is 3.50. The lowest BCUT2D eigenvalue weighted by atomic mass is 9.92. The van der Waals surface area contributed by atoms with Crippen LogP contribution >= 0.6 is 11.6 Å². The summed E-state index contributed by atoms with van der Waals surface area (Å²) in [5, 5.41) is 6.18. The minimum Gasteiger partial charge on any atom is -0.496 e. The summed E-state index contributed by atoms with van der Waals surface area (Å²) in [6.45, 7) is 0. The van der Waals surface area contributed by atoms with Gasteiger partial charge in [-0.1, -0.05) is 29.8 Å². The van der Waals surface area contributed by atoms with Gasteiger partial charge in [0.2, 0.25) is 0 Å². The molecule has 2 aromatic rings. The molecule has 7 heteroatoms. The van der Waals surface area contributed by atoms with Crippen LogP contribution in [0.4, 0.5) is 10.5 Å². The molecule has 1 fully saturated rings. The van der Waals surface area contributed by atoms with Crippen LogP contribution in [0, 0.1) is 0 Å². The molecule has 28 heavy (non-hydrogen) atoms. The van der Waals surface area contributed by atoms with Gasteiger partial charge in [0.1, 0.15) is 11.9 Å². The third-order valence-corrected chi connectivity index (χ3v) is 4.90. The van der Waals surface area contributed by atoms with Gasteiger partial charge in [-0.15, -0.1) is 0 Å². The number of carbonyl (C=O) groups is 2. The van der Waals surface area contributed by atoms with Crippen LogP contribution in [-0.4, -0.2) is 31.3 Å². The number of halogens is 1. The topological polar surface area (TPSA) is 76.7 Å². The molecule has 0 radical (unpaired) electrons. The van der Waals surface area contributed by atoms with E-state index in [0.717, 1.165) is 19.3 Å². The van der Waals surface area contributed by atoms with Crippen molar-refractivity contribution in [2.24, 2.45) is 0 Å². The summed E-state index contributed by atoms with van der Waals surface area (Å²) >= 11 is 6.01. The monoisotopic (exact) mass is 402 g/mol. The highest BCUT2D eigenvalue weighted by Crippen LogP contribution is 2.25. The zero-order chi connectivity index (χ0) is 19.9. The molecule has 1 saturated carbocycles. The third-order valence-electron chi connectivity index (χ3n) is 4.66. The first-order valence-corrected chi connectivity index (χ1v) is 9.60. The number of hydrogen-bond acceptors (Lipinski definition) is 4. The summed E-state index contributed by atoms with van der Waals surface area (Å²) in [5.74, 6) is 0.214. The Morgan fingerprint density at radius 3 is 2.64 bits per heavy atom. The molecule has 0 bridgehead atoms. The molecule has 2 N–H and O–H groups in total. The van der Waals surface area contributed by atoms with Crippen molar-refractivity contribution >= 4 is 29.3 Å². The average Bonchev–Trinajstić information content (AvgIpc) is 2.69. The Kier molecular flexibility index (Phi) is 6.76. The highest BCUT2D eigenvalue weighted by Gasteiger charge is 2.27. The van der Waals surface area contributed by atoms with E-state index in [4.69, 9.17) is 21.1 Å². The number of benzene rings is 2. The van der Waals surface area contributed by atoms with Crippen molar-refractivity contribution in [2.75, 3.05) is 12.4 Å². The van der Waals surface area contributed by atoms with Crippen molar-refractivity contribution < 1.29 is 19.1 Å². The van der Waals surface area contributed by atoms with Gasteiger partial charge in [0.15, 0.2) is 0 Å². The van der Waals surface area contributed by atoms with Crippen LogP contribution in [0.5, 0.6) is 5.75 Å². The zero-order valence-corrected chi connectivity index (χ0v) is 16.4. The van der Waals surface area contributed by atoms with E-state index in [1.54, 1.807) is 30.3 Å².